The van der Waals surface area contributed by atoms with Crippen molar-refractivity contribution in [2.45, 2.75) is 57.0 Å². The Morgan fingerprint density at radius 1 is 1.15 bits per heavy atom. The summed E-state index contributed by atoms with van der Waals surface area (Å²) in [6, 6.07) is 0. The Labute approximate surface area is 79.0 Å². The summed E-state index contributed by atoms with van der Waals surface area (Å²) in [5.41, 5.74) is 0.0107. The van der Waals surface area contributed by atoms with E-state index in [-0.39, 0.29) is 23.9 Å². The molecule has 2 rings (SSSR count). The van der Waals surface area contributed by atoms with Crippen LogP contribution in [-0.2, 0) is 9.47 Å². The molecule has 0 amide bonds. The van der Waals surface area contributed by atoms with Gasteiger partial charge in [-0.3, -0.25) is 0 Å². The molecule has 2 aliphatic heterocycles. The molecule has 0 aromatic rings. The van der Waals surface area contributed by atoms with Gasteiger partial charge >= 0.3 is 0 Å². The highest BCUT2D eigenvalue weighted by molar-refractivity contribution is 5.02. The predicted molar refractivity (Wildman–Crippen MR) is 48.5 cm³/mol. The van der Waals surface area contributed by atoms with Crippen LogP contribution in [0.3, 0.4) is 0 Å². The van der Waals surface area contributed by atoms with Gasteiger partial charge in [-0.1, -0.05) is 0 Å². The van der Waals surface area contributed by atoms with E-state index in [9.17, 15) is 0 Å². The van der Waals surface area contributed by atoms with Crippen LogP contribution in [0.2, 0.25) is 0 Å². The number of rotatable bonds is 4. The number of aliphatic hydroxyl groups excluding tert-OH is 1. The van der Waals surface area contributed by atoms with E-state index in [1.807, 2.05) is 0 Å². The molecular formula is C10H18O3. The summed E-state index contributed by atoms with van der Waals surface area (Å²) in [5.74, 6) is 0. The lowest BCUT2D eigenvalue weighted by Gasteiger charge is -2.03. The number of ether oxygens (including phenoxy) is 2. The summed E-state index contributed by atoms with van der Waals surface area (Å²) in [5, 5.41) is 8.87. The summed E-state index contributed by atoms with van der Waals surface area (Å²) >= 11 is 0. The number of epoxide rings is 2. The zero-order chi connectivity index (χ0) is 9.69. The first kappa shape index (κ1) is 9.44. The van der Waals surface area contributed by atoms with E-state index in [0.29, 0.717) is 6.10 Å². The van der Waals surface area contributed by atoms with E-state index in [0.717, 1.165) is 12.8 Å². The van der Waals surface area contributed by atoms with Crippen LogP contribution in [0, 0.1) is 0 Å². The molecule has 3 nitrogen and oxygen atoms in total. The van der Waals surface area contributed by atoms with E-state index in [4.69, 9.17) is 14.6 Å². The molecular weight excluding hydrogens is 168 g/mol. The van der Waals surface area contributed by atoms with Crippen LogP contribution in [0.5, 0.6) is 0 Å². The molecule has 13 heavy (non-hydrogen) atoms. The van der Waals surface area contributed by atoms with Gasteiger partial charge in [-0.25, -0.2) is 0 Å². The topological polar surface area (TPSA) is 45.3 Å². The molecule has 0 aromatic carbocycles. The van der Waals surface area contributed by atoms with E-state index in [2.05, 4.69) is 20.8 Å². The van der Waals surface area contributed by atoms with E-state index < -0.39 is 0 Å². The van der Waals surface area contributed by atoms with E-state index >= 15 is 0 Å². The molecule has 2 heterocycles. The van der Waals surface area contributed by atoms with Gasteiger partial charge in [0.25, 0.3) is 0 Å². The Morgan fingerprint density at radius 3 is 2.15 bits per heavy atom. The Morgan fingerprint density at radius 2 is 1.77 bits per heavy atom. The minimum Gasteiger partial charge on any atom is -0.394 e. The molecule has 3 heteroatoms. The fourth-order valence-electron chi connectivity index (χ4n) is 1.90. The van der Waals surface area contributed by atoms with Crippen LogP contribution in [0.15, 0.2) is 0 Å². The maximum Gasteiger partial charge on any atom is 0.110 e. The molecule has 0 aliphatic carbocycles. The van der Waals surface area contributed by atoms with Crippen LogP contribution >= 0.6 is 0 Å². The second kappa shape index (κ2) is 2.69. The van der Waals surface area contributed by atoms with Crippen molar-refractivity contribution >= 4 is 0 Å². The van der Waals surface area contributed by atoms with Gasteiger partial charge in [0.05, 0.1) is 23.9 Å². The van der Waals surface area contributed by atoms with Gasteiger partial charge in [0.2, 0.25) is 0 Å². The number of aliphatic hydroxyl groups is 1. The van der Waals surface area contributed by atoms with Gasteiger partial charge in [0.15, 0.2) is 0 Å². The molecule has 0 spiro atoms. The summed E-state index contributed by atoms with van der Waals surface area (Å²) in [6.45, 7) is 6.42. The van der Waals surface area contributed by atoms with Crippen LogP contribution in [-0.4, -0.2) is 35.1 Å². The van der Waals surface area contributed by atoms with Crippen molar-refractivity contribution in [3.05, 3.63) is 0 Å². The van der Waals surface area contributed by atoms with Gasteiger partial charge < -0.3 is 14.6 Å². The van der Waals surface area contributed by atoms with Crippen molar-refractivity contribution in [3.63, 3.8) is 0 Å². The average Bonchev–Trinajstić information content (AvgIpc) is 2.87. The van der Waals surface area contributed by atoms with Crippen molar-refractivity contribution in [2.24, 2.45) is 0 Å². The lowest BCUT2D eigenvalue weighted by atomic mass is 9.97. The first-order chi connectivity index (χ1) is 5.98. The van der Waals surface area contributed by atoms with Crippen molar-refractivity contribution in [1.82, 2.24) is 0 Å². The fourth-order valence-corrected chi connectivity index (χ4v) is 1.90. The quantitative estimate of drug-likeness (QED) is 0.668. The predicted octanol–water partition coefficient (Wildman–Crippen LogP) is 1.09. The third-order valence-electron chi connectivity index (χ3n) is 3.27. The van der Waals surface area contributed by atoms with Gasteiger partial charge in [-0.05, 0) is 33.6 Å². The molecule has 0 saturated carbocycles. The Kier molecular flexibility index (Phi) is 1.95. The minimum atomic E-state index is -0.0726. The monoisotopic (exact) mass is 186 g/mol. The Balaban J connectivity index is 1.70. The summed E-state index contributed by atoms with van der Waals surface area (Å²) in [7, 11) is 0. The van der Waals surface area contributed by atoms with E-state index in [1.54, 1.807) is 0 Å². The maximum atomic E-state index is 8.87. The highest BCUT2D eigenvalue weighted by Crippen LogP contribution is 2.45. The fraction of sp³-hybridized carbons (Fsp3) is 1.00. The molecule has 2 saturated heterocycles. The molecule has 1 N–H and O–H groups in total. The standard InChI is InChI=1S/C10H18O3/c1-9(2)7(12-9)4-5-10(3)8(6-11)13-10/h7-8,11H,4-6H2,1-3H3. The highest BCUT2D eigenvalue weighted by Gasteiger charge is 2.54. The highest BCUT2D eigenvalue weighted by atomic mass is 16.6. The lowest BCUT2D eigenvalue weighted by molar-refractivity contribution is 0.233. The van der Waals surface area contributed by atoms with Gasteiger partial charge in [-0.2, -0.15) is 0 Å². The van der Waals surface area contributed by atoms with Crippen LogP contribution < -0.4 is 0 Å². The van der Waals surface area contributed by atoms with Crippen molar-refractivity contribution in [2.75, 3.05) is 6.61 Å². The summed E-state index contributed by atoms with van der Waals surface area (Å²) in [4.78, 5) is 0. The van der Waals surface area contributed by atoms with Crippen LogP contribution in [0.25, 0.3) is 0 Å². The smallest absolute Gasteiger partial charge is 0.110 e. The second-order valence-corrected chi connectivity index (χ2v) is 4.85. The first-order valence-corrected chi connectivity index (χ1v) is 4.94. The lowest BCUT2D eigenvalue weighted by Crippen LogP contribution is -2.14. The summed E-state index contributed by atoms with van der Waals surface area (Å²) in [6.07, 6.45) is 2.49. The first-order valence-electron chi connectivity index (χ1n) is 4.94. The maximum absolute atomic E-state index is 8.87. The molecule has 3 atom stereocenters. The Hall–Kier alpha value is -0.120. The molecule has 76 valence electrons. The second-order valence-electron chi connectivity index (χ2n) is 4.85. The zero-order valence-corrected chi connectivity index (χ0v) is 8.54. The number of hydrogen-bond acceptors (Lipinski definition) is 3. The van der Waals surface area contributed by atoms with E-state index in [1.165, 1.54) is 0 Å². The molecule has 0 radical (unpaired) electrons. The molecule has 3 unspecified atom stereocenters. The molecule has 2 aliphatic rings. The molecule has 0 bridgehead atoms. The molecule has 0 aromatic heterocycles. The van der Waals surface area contributed by atoms with Crippen molar-refractivity contribution in [1.29, 1.82) is 0 Å². The zero-order valence-electron chi connectivity index (χ0n) is 8.54. The summed E-state index contributed by atoms with van der Waals surface area (Å²) < 4.78 is 10.9. The SMILES string of the molecule is CC1(C)OC1CCC1(C)OC1CO. The normalized spacial score (nSPS) is 46.2. The third-order valence-corrected chi connectivity index (χ3v) is 3.27. The van der Waals surface area contributed by atoms with Crippen LogP contribution in [0.4, 0.5) is 0 Å². The third kappa shape index (κ3) is 1.73. The number of hydrogen-bond donors (Lipinski definition) is 1. The van der Waals surface area contributed by atoms with Gasteiger partial charge in [-0.15, -0.1) is 0 Å². The molecule has 2 fully saturated rings. The van der Waals surface area contributed by atoms with Crippen molar-refractivity contribution in [3.8, 4) is 0 Å². The van der Waals surface area contributed by atoms with Gasteiger partial charge in [0, 0.05) is 0 Å². The average molecular weight is 186 g/mol. The van der Waals surface area contributed by atoms with Crippen molar-refractivity contribution < 1.29 is 14.6 Å². The van der Waals surface area contributed by atoms with Crippen LogP contribution in [0.1, 0.15) is 33.6 Å². The minimum absolute atomic E-state index is 0.0642. The van der Waals surface area contributed by atoms with Gasteiger partial charge in [0.1, 0.15) is 6.10 Å². The largest absolute Gasteiger partial charge is 0.394 e. The Bertz CT molecular complexity index is 214.